The zero-order valence-corrected chi connectivity index (χ0v) is 19.1. The van der Waals surface area contributed by atoms with Crippen LogP contribution < -0.4 is 15.0 Å². The van der Waals surface area contributed by atoms with Crippen molar-refractivity contribution >= 4 is 26.8 Å². The van der Waals surface area contributed by atoms with Crippen molar-refractivity contribution in [2.45, 2.75) is 17.9 Å². The van der Waals surface area contributed by atoms with Crippen molar-refractivity contribution in [1.29, 1.82) is 0 Å². The molecule has 1 amide bonds. The first kappa shape index (κ1) is 22.3. The second-order valence-electron chi connectivity index (χ2n) is 8.01. The third kappa shape index (κ3) is 4.21. The van der Waals surface area contributed by atoms with Crippen molar-refractivity contribution in [2.75, 3.05) is 39.4 Å². The summed E-state index contributed by atoms with van der Waals surface area (Å²) in [4.78, 5) is 27.0. The van der Waals surface area contributed by atoms with Gasteiger partial charge in [0.1, 0.15) is 12.1 Å². The molecular weight excluding hydrogens is 462 g/mol. The maximum atomic E-state index is 13.2. The van der Waals surface area contributed by atoms with Gasteiger partial charge in [-0.3, -0.25) is 9.59 Å². The number of aromatic nitrogens is 3. The molecule has 34 heavy (non-hydrogen) atoms. The third-order valence-electron chi connectivity index (χ3n) is 5.86. The molecule has 0 saturated carbocycles. The van der Waals surface area contributed by atoms with E-state index in [-0.39, 0.29) is 43.5 Å². The zero-order valence-electron chi connectivity index (χ0n) is 18.3. The van der Waals surface area contributed by atoms with Gasteiger partial charge in [0.15, 0.2) is 11.5 Å². The predicted octanol–water partition coefficient (Wildman–Crippen LogP) is 0.486. The van der Waals surface area contributed by atoms with Gasteiger partial charge < -0.3 is 14.4 Å². The Morgan fingerprint density at radius 3 is 2.50 bits per heavy atom. The lowest BCUT2D eigenvalue weighted by Crippen LogP contribution is -2.51. The lowest BCUT2D eigenvalue weighted by atomic mass is 10.2. The Kier molecular flexibility index (Phi) is 5.92. The maximum absolute atomic E-state index is 13.2. The topological polar surface area (TPSA) is 124 Å². The highest BCUT2D eigenvalue weighted by Gasteiger charge is 2.31. The molecule has 0 atom stereocenters. The van der Waals surface area contributed by atoms with Crippen LogP contribution in [0.2, 0.25) is 0 Å². The summed E-state index contributed by atoms with van der Waals surface area (Å²) in [5, 5.41) is 8.23. The van der Waals surface area contributed by atoms with Crippen LogP contribution in [0.15, 0.2) is 52.2 Å². The van der Waals surface area contributed by atoms with E-state index in [0.717, 1.165) is 11.1 Å². The number of ether oxygens (including phenoxy) is 2. The molecule has 1 saturated heterocycles. The van der Waals surface area contributed by atoms with Crippen molar-refractivity contribution in [3.05, 3.63) is 52.8 Å². The zero-order chi connectivity index (χ0) is 23.7. The van der Waals surface area contributed by atoms with E-state index in [2.05, 4.69) is 10.3 Å². The van der Waals surface area contributed by atoms with Gasteiger partial charge in [0.2, 0.25) is 15.9 Å². The van der Waals surface area contributed by atoms with E-state index in [1.807, 2.05) is 0 Å². The molecule has 2 aliphatic rings. The number of hydrogen-bond donors (Lipinski definition) is 0. The van der Waals surface area contributed by atoms with E-state index in [4.69, 9.17) is 9.47 Å². The summed E-state index contributed by atoms with van der Waals surface area (Å²) in [7, 11) is -3.76. The first-order chi connectivity index (χ1) is 16.4. The number of hydrogen-bond acceptors (Lipinski definition) is 8. The number of carbonyl (C=O) groups is 1. The molecule has 0 radical (unpaired) electrons. The highest BCUT2D eigenvalue weighted by atomic mass is 32.2. The Morgan fingerprint density at radius 1 is 0.971 bits per heavy atom. The fourth-order valence-electron chi connectivity index (χ4n) is 3.99. The van der Waals surface area contributed by atoms with Gasteiger partial charge in [-0.15, -0.1) is 5.10 Å². The molecular formula is C22H23N5O6S. The third-order valence-corrected chi connectivity index (χ3v) is 7.76. The maximum Gasteiger partial charge on any atom is 0.278 e. The van der Waals surface area contributed by atoms with Crippen molar-refractivity contribution in [3.63, 3.8) is 0 Å². The molecule has 5 rings (SSSR count). The Bertz CT molecular complexity index is 1400. The minimum absolute atomic E-state index is 0.120. The second-order valence-corrected chi connectivity index (χ2v) is 9.95. The summed E-state index contributed by atoms with van der Waals surface area (Å²) in [5.74, 6) is 0.618. The minimum atomic E-state index is -3.76. The summed E-state index contributed by atoms with van der Waals surface area (Å²) < 4.78 is 39.9. The van der Waals surface area contributed by atoms with E-state index in [1.54, 1.807) is 30.3 Å². The first-order valence-corrected chi connectivity index (χ1v) is 12.4. The van der Waals surface area contributed by atoms with Crippen LogP contribution in [0.1, 0.15) is 6.42 Å². The van der Waals surface area contributed by atoms with Crippen LogP contribution in [0.3, 0.4) is 0 Å². The van der Waals surface area contributed by atoms with Gasteiger partial charge in [0.25, 0.3) is 5.56 Å². The fourth-order valence-corrected chi connectivity index (χ4v) is 5.42. The van der Waals surface area contributed by atoms with Gasteiger partial charge in [0.05, 0.1) is 23.5 Å². The van der Waals surface area contributed by atoms with E-state index in [1.165, 1.54) is 21.3 Å². The summed E-state index contributed by atoms with van der Waals surface area (Å²) in [6.45, 7) is 1.41. The molecule has 12 heteroatoms. The Balaban J connectivity index is 1.25. The predicted molar refractivity (Wildman–Crippen MR) is 121 cm³/mol. The molecule has 3 heterocycles. The van der Waals surface area contributed by atoms with Gasteiger partial charge in [0, 0.05) is 38.7 Å². The Labute approximate surface area is 195 Å². The Morgan fingerprint density at radius 2 is 1.71 bits per heavy atom. The number of piperazine rings is 1. The molecule has 0 bridgehead atoms. The molecule has 178 valence electrons. The van der Waals surface area contributed by atoms with Crippen LogP contribution >= 0.6 is 0 Å². The number of carbonyl (C=O) groups excluding carboxylic acids is 1. The summed E-state index contributed by atoms with van der Waals surface area (Å²) in [5.41, 5.74) is 0.0688. The summed E-state index contributed by atoms with van der Waals surface area (Å²) >= 11 is 0. The van der Waals surface area contributed by atoms with Gasteiger partial charge in [-0.2, -0.15) is 4.31 Å². The smallest absolute Gasteiger partial charge is 0.278 e. The monoisotopic (exact) mass is 485 g/mol. The van der Waals surface area contributed by atoms with E-state index >= 15 is 0 Å². The van der Waals surface area contributed by atoms with Gasteiger partial charge >= 0.3 is 0 Å². The normalized spacial score (nSPS) is 16.9. The van der Waals surface area contributed by atoms with Crippen LogP contribution in [0.25, 0.3) is 10.9 Å². The minimum Gasteiger partial charge on any atom is -0.490 e. The highest BCUT2D eigenvalue weighted by molar-refractivity contribution is 7.89. The van der Waals surface area contributed by atoms with E-state index in [9.17, 15) is 18.0 Å². The molecule has 0 spiro atoms. The standard InChI is InChI=1S/C22H23N5O6S/c28-21(15-27-22(29)17-4-1-2-5-18(17)23-24-27)25-8-10-26(11-9-25)34(30,31)16-6-7-19-20(14-16)33-13-3-12-32-19/h1-2,4-7,14H,3,8-13,15H2. The number of rotatable bonds is 4. The summed E-state index contributed by atoms with van der Waals surface area (Å²) in [6, 6.07) is 11.4. The molecule has 0 aliphatic carbocycles. The van der Waals surface area contributed by atoms with Crippen LogP contribution in [0, 0.1) is 0 Å². The number of nitrogens with zero attached hydrogens (tertiary/aromatic N) is 5. The first-order valence-electron chi connectivity index (χ1n) is 10.9. The number of benzene rings is 2. The quantitative estimate of drug-likeness (QED) is 0.523. The molecule has 2 aromatic carbocycles. The van der Waals surface area contributed by atoms with E-state index in [0.29, 0.717) is 35.6 Å². The van der Waals surface area contributed by atoms with Crippen LogP contribution in [-0.2, 0) is 21.4 Å². The van der Waals surface area contributed by atoms with Crippen LogP contribution in [0.4, 0.5) is 0 Å². The highest BCUT2D eigenvalue weighted by Crippen LogP contribution is 2.33. The number of amides is 1. The van der Waals surface area contributed by atoms with Crippen molar-refractivity contribution in [2.24, 2.45) is 0 Å². The molecule has 2 aliphatic heterocycles. The van der Waals surface area contributed by atoms with Gasteiger partial charge in [-0.05, 0) is 24.3 Å². The van der Waals surface area contributed by atoms with Crippen LogP contribution in [0.5, 0.6) is 11.5 Å². The molecule has 1 aromatic heterocycles. The molecule has 11 nitrogen and oxygen atoms in total. The number of fused-ring (bicyclic) bond motifs is 2. The van der Waals surface area contributed by atoms with Gasteiger partial charge in [-0.25, -0.2) is 13.1 Å². The largest absolute Gasteiger partial charge is 0.490 e. The molecule has 1 fully saturated rings. The average Bonchev–Trinajstić information content (AvgIpc) is 3.11. The van der Waals surface area contributed by atoms with Crippen molar-refractivity contribution < 1.29 is 22.7 Å². The SMILES string of the molecule is O=C(Cn1nnc2ccccc2c1=O)N1CCN(S(=O)(=O)c2ccc3c(c2)OCCCO3)CC1. The van der Waals surface area contributed by atoms with Gasteiger partial charge in [-0.1, -0.05) is 17.3 Å². The van der Waals surface area contributed by atoms with Crippen molar-refractivity contribution in [3.8, 4) is 11.5 Å². The fraction of sp³-hybridized carbons (Fsp3) is 0.364. The van der Waals surface area contributed by atoms with Crippen molar-refractivity contribution in [1.82, 2.24) is 24.2 Å². The van der Waals surface area contributed by atoms with Crippen LogP contribution in [-0.4, -0.2) is 77.9 Å². The lowest BCUT2D eigenvalue weighted by Gasteiger charge is -2.34. The number of sulfonamides is 1. The lowest BCUT2D eigenvalue weighted by molar-refractivity contribution is -0.133. The van der Waals surface area contributed by atoms with E-state index < -0.39 is 15.6 Å². The molecule has 0 unspecified atom stereocenters. The average molecular weight is 486 g/mol. The Hall–Kier alpha value is -3.51. The molecule has 0 N–H and O–H groups in total. The summed E-state index contributed by atoms with van der Waals surface area (Å²) in [6.07, 6.45) is 0.726. The second kappa shape index (κ2) is 9.03. The molecule has 3 aromatic rings.